The van der Waals surface area contributed by atoms with Crippen LogP contribution in [0.15, 0.2) is 36.4 Å². The minimum absolute atomic E-state index is 0.0422. The van der Waals surface area contributed by atoms with E-state index in [2.05, 4.69) is 50.5 Å². The van der Waals surface area contributed by atoms with Crippen LogP contribution < -0.4 is 20.1 Å². The maximum Gasteiger partial charge on any atom is 0.358 e. The third kappa shape index (κ3) is 6.41. The van der Waals surface area contributed by atoms with E-state index in [1.54, 1.807) is 0 Å². The van der Waals surface area contributed by atoms with Gasteiger partial charge in [0.2, 0.25) is 11.9 Å². The van der Waals surface area contributed by atoms with Crippen molar-refractivity contribution < 1.29 is 27.0 Å². The average molecular weight is 563 g/mol. The normalized spacial score (nSPS) is 11.5. The minimum Gasteiger partial charge on any atom is -0.479 e. The van der Waals surface area contributed by atoms with Crippen molar-refractivity contribution in [2.75, 3.05) is 20.1 Å². The first-order valence-corrected chi connectivity index (χ1v) is 13.7. The second-order valence-corrected chi connectivity index (χ2v) is 12.0. The Morgan fingerprint density at radius 3 is 1.29 bits per heavy atom. The van der Waals surface area contributed by atoms with E-state index in [1.807, 2.05) is 9.44 Å². The highest BCUT2D eigenvalue weighted by Gasteiger charge is 2.31. The SMILES string of the molecule is Cc1nc(O)nc(Nc2cccc(NS(=O)(=O)S(=O)(=O)Nc3cccc(Nc4nc(C)nc(O)n4)n3)n2)n1. The van der Waals surface area contributed by atoms with Crippen LogP contribution in [0.25, 0.3) is 0 Å². The molecule has 6 N–H and O–H groups in total. The largest absolute Gasteiger partial charge is 0.479 e. The first-order valence-electron chi connectivity index (χ1n) is 10.3. The molecule has 0 unspecified atom stereocenters. The minimum atomic E-state index is -5.08. The molecule has 4 aromatic heterocycles. The topological polar surface area (TPSA) is 260 Å². The number of pyridine rings is 2. The van der Waals surface area contributed by atoms with Gasteiger partial charge in [0.1, 0.15) is 34.9 Å². The second kappa shape index (κ2) is 10.2. The number of aromatic hydroxyl groups is 2. The van der Waals surface area contributed by atoms with E-state index in [4.69, 9.17) is 0 Å². The predicted octanol–water partition coefficient (Wildman–Crippen LogP) is 0.460. The average Bonchev–Trinajstić information content (AvgIpc) is 2.77. The molecule has 0 saturated carbocycles. The number of nitrogens with zero attached hydrogens (tertiary/aromatic N) is 8. The lowest BCUT2D eigenvalue weighted by Crippen LogP contribution is -2.29. The molecule has 0 radical (unpaired) electrons. The molecule has 4 rings (SSSR count). The van der Waals surface area contributed by atoms with Gasteiger partial charge < -0.3 is 20.8 Å². The van der Waals surface area contributed by atoms with E-state index in [1.165, 1.54) is 50.2 Å². The van der Waals surface area contributed by atoms with Crippen LogP contribution in [0.4, 0.5) is 35.2 Å². The molecule has 198 valence electrons. The molecule has 0 atom stereocenters. The summed E-state index contributed by atoms with van der Waals surface area (Å²) in [6.07, 6.45) is 0. The van der Waals surface area contributed by atoms with Gasteiger partial charge >= 0.3 is 30.1 Å². The molecule has 0 fully saturated rings. The molecule has 0 aliphatic carbocycles. The first kappa shape index (κ1) is 26.1. The van der Waals surface area contributed by atoms with Gasteiger partial charge in [0.25, 0.3) is 0 Å². The van der Waals surface area contributed by atoms with Crippen LogP contribution in [0.5, 0.6) is 12.0 Å². The standard InChI is InChI=1S/C18H18N12O6S2/c1-9-19-15(27-17(31)21-9)25-11-5-3-7-13(23-11)29-37(33,34)38(35,36)30-14-8-4-6-12(24-14)26-16-20-10(2)22-18(32)28-16/h3-8H,1-2H3,(H3,19,21,23,25,27,29,31)(H3,20,22,24,26,28,30,32). The third-order valence-corrected chi connectivity index (χ3v) is 7.93. The molecule has 0 saturated heterocycles. The fourth-order valence-electron chi connectivity index (χ4n) is 2.76. The van der Waals surface area contributed by atoms with E-state index < -0.39 is 30.1 Å². The summed E-state index contributed by atoms with van der Waals surface area (Å²) in [6, 6.07) is 6.98. The Kier molecular flexibility index (Phi) is 6.99. The van der Waals surface area contributed by atoms with Gasteiger partial charge in [-0.25, -0.2) is 9.97 Å². The Balaban J connectivity index is 1.49. The lowest BCUT2D eigenvalue weighted by atomic mass is 10.4. The number of nitrogens with one attached hydrogen (secondary N) is 4. The maximum absolute atomic E-state index is 12.6. The molecule has 18 nitrogen and oxygen atoms in total. The molecule has 0 aromatic carbocycles. The monoisotopic (exact) mass is 562 g/mol. The second-order valence-electron chi connectivity index (χ2n) is 7.19. The van der Waals surface area contributed by atoms with Crippen molar-refractivity contribution in [3.8, 4) is 12.0 Å². The van der Waals surface area contributed by atoms with Crippen LogP contribution >= 0.6 is 0 Å². The van der Waals surface area contributed by atoms with Crippen molar-refractivity contribution in [1.82, 2.24) is 39.9 Å². The van der Waals surface area contributed by atoms with Crippen LogP contribution in [0.3, 0.4) is 0 Å². The van der Waals surface area contributed by atoms with Crippen molar-refractivity contribution in [3.05, 3.63) is 48.0 Å². The Hall–Kier alpha value is -4.98. The number of aromatic nitrogens is 8. The van der Waals surface area contributed by atoms with Crippen molar-refractivity contribution in [1.29, 1.82) is 0 Å². The molecule has 0 bridgehead atoms. The van der Waals surface area contributed by atoms with Gasteiger partial charge in [0, 0.05) is 0 Å². The molecule has 0 aliphatic rings. The zero-order valence-electron chi connectivity index (χ0n) is 19.4. The number of anilines is 6. The van der Waals surface area contributed by atoms with Crippen LogP contribution in [-0.4, -0.2) is 66.9 Å². The van der Waals surface area contributed by atoms with E-state index in [9.17, 15) is 27.0 Å². The summed E-state index contributed by atoms with van der Waals surface area (Å²) in [7, 11) is -10.2. The number of aryl methyl sites for hydroxylation is 2. The highest BCUT2D eigenvalue weighted by Crippen LogP contribution is 2.19. The van der Waals surface area contributed by atoms with Gasteiger partial charge in [-0.1, -0.05) is 12.1 Å². The highest BCUT2D eigenvalue weighted by atomic mass is 33.2. The molecule has 38 heavy (non-hydrogen) atoms. The number of rotatable bonds is 9. The summed E-state index contributed by atoms with van der Waals surface area (Å²) in [5.74, 6) is -0.321. The lowest BCUT2D eigenvalue weighted by Gasteiger charge is -2.12. The van der Waals surface area contributed by atoms with Gasteiger partial charge in [-0.15, -0.1) is 0 Å². The summed E-state index contributed by atoms with van der Waals surface area (Å²) >= 11 is 0. The summed E-state index contributed by atoms with van der Waals surface area (Å²) in [5.41, 5.74) is 0. The van der Waals surface area contributed by atoms with Crippen LogP contribution in [0.1, 0.15) is 11.6 Å². The van der Waals surface area contributed by atoms with Gasteiger partial charge in [0.05, 0.1) is 0 Å². The Labute approximate surface area is 214 Å². The van der Waals surface area contributed by atoms with E-state index >= 15 is 0 Å². The first-order chi connectivity index (χ1) is 17.9. The van der Waals surface area contributed by atoms with E-state index in [-0.39, 0.29) is 46.8 Å². The summed E-state index contributed by atoms with van der Waals surface area (Å²) < 4.78 is 54.3. The lowest BCUT2D eigenvalue weighted by molar-refractivity contribution is 0.426. The Morgan fingerprint density at radius 1 is 0.553 bits per heavy atom. The summed E-state index contributed by atoms with van der Waals surface area (Å²) in [5, 5.41) is 24.3. The van der Waals surface area contributed by atoms with E-state index in [0.717, 1.165) is 0 Å². The molecule has 20 heteroatoms. The van der Waals surface area contributed by atoms with Crippen LogP contribution in [0, 0.1) is 13.8 Å². The molecule has 0 aliphatic heterocycles. The van der Waals surface area contributed by atoms with Gasteiger partial charge in [-0.05, 0) is 38.1 Å². The molecule has 0 amide bonds. The zero-order chi connectivity index (χ0) is 27.5. The van der Waals surface area contributed by atoms with Gasteiger partial charge in [-0.2, -0.15) is 46.7 Å². The smallest absolute Gasteiger partial charge is 0.358 e. The van der Waals surface area contributed by atoms with Crippen molar-refractivity contribution in [3.63, 3.8) is 0 Å². The molecule has 0 spiro atoms. The predicted molar refractivity (Wildman–Crippen MR) is 133 cm³/mol. The molecular weight excluding hydrogens is 544 g/mol. The summed E-state index contributed by atoms with van der Waals surface area (Å²) in [4.78, 5) is 30.4. The van der Waals surface area contributed by atoms with Crippen molar-refractivity contribution in [2.24, 2.45) is 0 Å². The van der Waals surface area contributed by atoms with Crippen molar-refractivity contribution in [2.45, 2.75) is 13.8 Å². The molecule has 4 aromatic rings. The number of hydrogen-bond donors (Lipinski definition) is 6. The molecular formula is C18H18N12O6S2. The van der Waals surface area contributed by atoms with Gasteiger partial charge in [-0.3, -0.25) is 9.44 Å². The quantitative estimate of drug-likeness (QED) is 0.151. The summed E-state index contributed by atoms with van der Waals surface area (Å²) in [6.45, 7) is 3.03. The fourth-order valence-corrected chi connectivity index (χ4v) is 4.89. The number of hydrogen-bond acceptors (Lipinski definition) is 16. The van der Waals surface area contributed by atoms with Crippen molar-refractivity contribution >= 4 is 53.3 Å². The molecule has 4 heterocycles. The van der Waals surface area contributed by atoms with E-state index in [0.29, 0.717) is 0 Å². The Morgan fingerprint density at radius 2 is 0.921 bits per heavy atom. The van der Waals surface area contributed by atoms with Crippen LogP contribution in [0.2, 0.25) is 0 Å². The highest BCUT2D eigenvalue weighted by molar-refractivity contribution is 8.68. The Bertz CT molecular complexity index is 1550. The third-order valence-electron chi connectivity index (χ3n) is 4.20. The maximum atomic E-state index is 12.6. The zero-order valence-corrected chi connectivity index (χ0v) is 21.0. The van der Waals surface area contributed by atoms with Gasteiger partial charge in [0.15, 0.2) is 0 Å². The van der Waals surface area contributed by atoms with Crippen LogP contribution in [-0.2, 0) is 18.1 Å². The fraction of sp³-hybridized carbons (Fsp3) is 0.111.